The first-order valence-corrected chi connectivity index (χ1v) is 7.67. The zero-order valence-electron chi connectivity index (χ0n) is 12.9. The van der Waals surface area contributed by atoms with E-state index in [9.17, 15) is 0 Å². The number of benzene rings is 1. The zero-order chi connectivity index (χ0) is 14.1. The molecular weight excluding hydrogens is 234 g/mol. The third-order valence-corrected chi connectivity index (χ3v) is 3.63. The Bertz CT molecular complexity index is 345. The van der Waals surface area contributed by atoms with Crippen LogP contribution in [0.5, 0.6) is 5.75 Å². The fourth-order valence-corrected chi connectivity index (χ4v) is 2.31. The maximum atomic E-state index is 6.06. The van der Waals surface area contributed by atoms with Crippen LogP contribution in [0.15, 0.2) is 24.3 Å². The summed E-state index contributed by atoms with van der Waals surface area (Å²) < 4.78 is 6.06. The summed E-state index contributed by atoms with van der Waals surface area (Å²) in [5.41, 5.74) is 1.33. The van der Waals surface area contributed by atoms with E-state index in [0.29, 0.717) is 12.0 Å². The molecule has 0 aromatic heterocycles. The summed E-state index contributed by atoms with van der Waals surface area (Å²) >= 11 is 0. The summed E-state index contributed by atoms with van der Waals surface area (Å²) in [5.74, 6) is 1.61. The fraction of sp³-hybridized carbons (Fsp3) is 0.647. The van der Waals surface area contributed by atoms with Crippen LogP contribution >= 0.6 is 0 Å². The third kappa shape index (κ3) is 5.23. The highest BCUT2D eigenvalue weighted by molar-refractivity contribution is 5.35. The molecule has 0 fully saturated rings. The fourth-order valence-electron chi connectivity index (χ4n) is 2.31. The van der Waals surface area contributed by atoms with Crippen molar-refractivity contribution < 1.29 is 4.74 Å². The largest absolute Gasteiger partial charge is 0.492 e. The monoisotopic (exact) mass is 263 g/mol. The minimum atomic E-state index is 0.458. The zero-order valence-corrected chi connectivity index (χ0v) is 12.9. The molecule has 1 N–H and O–H groups in total. The lowest BCUT2D eigenvalue weighted by Crippen LogP contribution is -2.34. The Balaban J connectivity index is 2.65. The molecule has 108 valence electrons. The highest BCUT2D eigenvalue weighted by atomic mass is 16.5. The van der Waals surface area contributed by atoms with E-state index in [1.807, 2.05) is 0 Å². The molecule has 0 aliphatic rings. The normalized spacial score (nSPS) is 14.1. The molecule has 2 nitrogen and oxygen atoms in total. The van der Waals surface area contributed by atoms with Crippen molar-refractivity contribution >= 4 is 0 Å². The van der Waals surface area contributed by atoms with E-state index in [4.69, 9.17) is 4.74 Å². The smallest absolute Gasteiger partial charge is 0.122 e. The van der Waals surface area contributed by atoms with Crippen LogP contribution in [0.1, 0.15) is 58.4 Å². The van der Waals surface area contributed by atoms with Crippen molar-refractivity contribution in [3.05, 3.63) is 29.8 Å². The van der Waals surface area contributed by atoms with Gasteiger partial charge in [0, 0.05) is 6.04 Å². The van der Waals surface area contributed by atoms with Crippen LogP contribution in [0.4, 0.5) is 0 Å². The molecule has 1 rings (SSSR count). The molecule has 0 aliphatic heterocycles. The van der Waals surface area contributed by atoms with Crippen molar-refractivity contribution in [1.82, 2.24) is 5.32 Å². The molecule has 1 aromatic carbocycles. The lowest BCUT2D eigenvalue weighted by atomic mass is 9.98. The molecule has 2 atom stereocenters. The summed E-state index contributed by atoms with van der Waals surface area (Å²) in [6.45, 7) is 10.6. The summed E-state index contributed by atoms with van der Waals surface area (Å²) in [5, 5.41) is 3.49. The van der Waals surface area contributed by atoms with Gasteiger partial charge in [-0.15, -0.1) is 0 Å². The molecule has 2 heteroatoms. The Kier molecular flexibility index (Phi) is 7.57. The van der Waals surface area contributed by atoms with Crippen molar-refractivity contribution in [3.8, 4) is 5.75 Å². The lowest BCUT2D eigenvalue weighted by molar-refractivity contribution is 0.254. The number of rotatable bonds is 9. The number of likely N-dealkylation sites (N-methyl/N-ethyl adjacent to an activating group) is 1. The molecule has 0 saturated carbocycles. The van der Waals surface area contributed by atoms with Gasteiger partial charge in [0.05, 0.1) is 0 Å². The number of para-hydroxylation sites is 1. The first kappa shape index (κ1) is 16.0. The van der Waals surface area contributed by atoms with E-state index in [2.05, 4.69) is 57.3 Å². The van der Waals surface area contributed by atoms with Crippen LogP contribution in [-0.2, 0) is 0 Å². The van der Waals surface area contributed by atoms with Crippen LogP contribution in [0.3, 0.4) is 0 Å². The van der Waals surface area contributed by atoms with Gasteiger partial charge in [0.15, 0.2) is 0 Å². The van der Waals surface area contributed by atoms with Gasteiger partial charge in [-0.05, 0) is 36.9 Å². The highest BCUT2D eigenvalue weighted by Gasteiger charge is 2.12. The average molecular weight is 263 g/mol. The predicted molar refractivity (Wildman–Crippen MR) is 83.0 cm³/mol. The molecular formula is C17H29NO. The van der Waals surface area contributed by atoms with Crippen molar-refractivity contribution in [2.75, 3.05) is 13.2 Å². The van der Waals surface area contributed by atoms with Crippen molar-refractivity contribution in [2.45, 2.75) is 58.9 Å². The topological polar surface area (TPSA) is 21.3 Å². The maximum absolute atomic E-state index is 6.06. The molecule has 0 heterocycles. The van der Waals surface area contributed by atoms with Crippen LogP contribution in [0, 0.1) is 0 Å². The standard InChI is InChI=1S/C17H29NO/c1-5-10-15(18-7-3)13-19-17-12-9-8-11-16(17)14(4)6-2/h8-9,11-12,14-15,18H,5-7,10,13H2,1-4H3. The van der Waals surface area contributed by atoms with Crippen LogP contribution in [-0.4, -0.2) is 19.2 Å². The van der Waals surface area contributed by atoms with Gasteiger partial charge in [-0.2, -0.15) is 0 Å². The van der Waals surface area contributed by atoms with E-state index >= 15 is 0 Å². The van der Waals surface area contributed by atoms with Crippen LogP contribution in [0.2, 0.25) is 0 Å². The molecule has 2 unspecified atom stereocenters. The number of hydrogen-bond acceptors (Lipinski definition) is 2. The summed E-state index contributed by atoms with van der Waals surface area (Å²) in [6.07, 6.45) is 3.50. The van der Waals surface area contributed by atoms with Gasteiger partial charge in [-0.1, -0.05) is 52.3 Å². The van der Waals surface area contributed by atoms with Gasteiger partial charge in [0.25, 0.3) is 0 Å². The second kappa shape index (κ2) is 8.98. The Labute approximate surface area is 118 Å². The number of hydrogen-bond donors (Lipinski definition) is 1. The predicted octanol–water partition coefficient (Wildman–Crippen LogP) is 4.36. The van der Waals surface area contributed by atoms with Crippen LogP contribution in [0.25, 0.3) is 0 Å². The molecule has 0 aliphatic carbocycles. The molecule has 0 radical (unpaired) electrons. The molecule has 1 aromatic rings. The minimum absolute atomic E-state index is 0.458. The quantitative estimate of drug-likeness (QED) is 0.715. The summed E-state index contributed by atoms with van der Waals surface area (Å²) in [4.78, 5) is 0. The van der Waals surface area contributed by atoms with Crippen molar-refractivity contribution in [1.29, 1.82) is 0 Å². The minimum Gasteiger partial charge on any atom is -0.492 e. The van der Waals surface area contributed by atoms with Gasteiger partial charge in [-0.3, -0.25) is 0 Å². The van der Waals surface area contributed by atoms with Gasteiger partial charge in [0.2, 0.25) is 0 Å². The van der Waals surface area contributed by atoms with E-state index in [-0.39, 0.29) is 0 Å². The Morgan fingerprint density at radius 1 is 1.16 bits per heavy atom. The second-order valence-corrected chi connectivity index (χ2v) is 5.20. The third-order valence-electron chi connectivity index (χ3n) is 3.63. The van der Waals surface area contributed by atoms with Gasteiger partial charge in [0.1, 0.15) is 12.4 Å². The maximum Gasteiger partial charge on any atom is 0.122 e. The Hall–Kier alpha value is -1.02. The molecule has 19 heavy (non-hydrogen) atoms. The van der Waals surface area contributed by atoms with E-state index in [1.54, 1.807) is 0 Å². The summed E-state index contributed by atoms with van der Waals surface area (Å²) in [7, 11) is 0. The van der Waals surface area contributed by atoms with E-state index in [0.717, 1.165) is 25.3 Å². The molecule has 0 amide bonds. The molecule has 0 spiro atoms. The first-order valence-electron chi connectivity index (χ1n) is 7.67. The average Bonchev–Trinajstić information content (AvgIpc) is 2.44. The highest BCUT2D eigenvalue weighted by Crippen LogP contribution is 2.28. The van der Waals surface area contributed by atoms with Crippen molar-refractivity contribution in [3.63, 3.8) is 0 Å². The van der Waals surface area contributed by atoms with Gasteiger partial charge < -0.3 is 10.1 Å². The Morgan fingerprint density at radius 3 is 2.53 bits per heavy atom. The molecule has 0 saturated heterocycles. The van der Waals surface area contributed by atoms with Crippen LogP contribution < -0.4 is 10.1 Å². The number of nitrogens with one attached hydrogen (secondary N) is 1. The Morgan fingerprint density at radius 2 is 1.89 bits per heavy atom. The van der Waals surface area contributed by atoms with Crippen molar-refractivity contribution in [2.24, 2.45) is 0 Å². The van der Waals surface area contributed by atoms with E-state index in [1.165, 1.54) is 18.4 Å². The molecule has 0 bridgehead atoms. The lowest BCUT2D eigenvalue weighted by Gasteiger charge is -2.20. The number of ether oxygens (including phenoxy) is 1. The first-order chi connectivity index (χ1) is 9.22. The second-order valence-electron chi connectivity index (χ2n) is 5.20. The van der Waals surface area contributed by atoms with E-state index < -0.39 is 0 Å². The van der Waals surface area contributed by atoms with Gasteiger partial charge >= 0.3 is 0 Å². The van der Waals surface area contributed by atoms with Gasteiger partial charge in [-0.25, -0.2) is 0 Å². The summed E-state index contributed by atoms with van der Waals surface area (Å²) in [6, 6.07) is 8.90. The SMILES string of the molecule is CCCC(COc1ccccc1C(C)CC)NCC.